The minimum Gasteiger partial charge on any atom is -0.369 e. The maximum absolute atomic E-state index is 14.8. The van der Waals surface area contributed by atoms with Gasteiger partial charge in [-0.05, 0) is 36.1 Å². The number of anilines is 3. The van der Waals surface area contributed by atoms with Crippen LogP contribution in [0.25, 0.3) is 11.1 Å². The van der Waals surface area contributed by atoms with E-state index < -0.39 is 17.6 Å². The number of benzene rings is 1. The number of nitrogens with zero attached hydrogens (tertiary/aromatic N) is 2. The van der Waals surface area contributed by atoms with E-state index in [1.807, 2.05) is 24.3 Å². The number of hydrogen-bond donors (Lipinski definition) is 5. The van der Waals surface area contributed by atoms with Gasteiger partial charge in [0.05, 0.1) is 23.9 Å². The molecule has 1 aliphatic carbocycles. The van der Waals surface area contributed by atoms with Gasteiger partial charge in [-0.15, -0.1) is 0 Å². The van der Waals surface area contributed by atoms with Crippen LogP contribution in [-0.4, -0.2) is 33.9 Å². The number of carbonyl (C=O) groups excluding carboxylic acids is 2. The second kappa shape index (κ2) is 10.5. The summed E-state index contributed by atoms with van der Waals surface area (Å²) in [5, 5.41) is 6.13. The Morgan fingerprint density at radius 3 is 2.57 bits per heavy atom. The minimum atomic E-state index is -0.817. The number of hydrogen-bond acceptors (Lipinski definition) is 7. The lowest BCUT2D eigenvalue weighted by Gasteiger charge is -2.30. The monoisotopic (exact) mass is 477 g/mol. The van der Waals surface area contributed by atoms with Crippen LogP contribution in [0.15, 0.2) is 48.8 Å². The summed E-state index contributed by atoms with van der Waals surface area (Å²) in [4.78, 5) is 31.9. The molecule has 0 spiro atoms. The van der Waals surface area contributed by atoms with E-state index in [1.54, 1.807) is 18.5 Å². The van der Waals surface area contributed by atoms with Crippen LogP contribution in [0.4, 0.5) is 21.7 Å². The van der Waals surface area contributed by atoms with Gasteiger partial charge in [0.1, 0.15) is 5.82 Å². The molecule has 35 heavy (non-hydrogen) atoms. The van der Waals surface area contributed by atoms with Gasteiger partial charge in [0.25, 0.3) is 5.91 Å². The molecule has 2 amide bonds. The van der Waals surface area contributed by atoms with Crippen molar-refractivity contribution in [3.63, 3.8) is 0 Å². The summed E-state index contributed by atoms with van der Waals surface area (Å²) in [6.45, 7) is 0. The molecule has 0 bridgehead atoms. The molecule has 0 saturated heterocycles. The molecule has 3 aromatic rings. The molecule has 2 unspecified atom stereocenters. The van der Waals surface area contributed by atoms with Crippen LogP contribution in [-0.2, 0) is 11.2 Å². The van der Waals surface area contributed by atoms with Gasteiger partial charge in [0, 0.05) is 23.8 Å². The number of nitrogens with one attached hydrogen (secondary N) is 2. The standard InChI is InChI=1S/C25H28FN7O2/c26-19-11-18(23(29)35)24(33-25(19)32-21-7-2-1-6-20(21)27)31-17-10-16(12-30-13-17)15-5-3-4-14(8-15)9-22(28)34/h3-5,8,10-13,20-21H,1-2,6-7,9,27H2,(H2,28,34)(H2,29,35)(H2,31,32,33). The van der Waals surface area contributed by atoms with Gasteiger partial charge in [-0.2, -0.15) is 0 Å². The summed E-state index contributed by atoms with van der Waals surface area (Å²) in [5.74, 6) is -1.81. The summed E-state index contributed by atoms with van der Waals surface area (Å²) in [6, 6.07) is 10.0. The normalized spacial score (nSPS) is 17.5. The molecule has 182 valence electrons. The fourth-order valence-corrected chi connectivity index (χ4v) is 4.25. The Morgan fingerprint density at radius 1 is 1.03 bits per heavy atom. The van der Waals surface area contributed by atoms with Crippen LogP contribution in [0, 0.1) is 5.82 Å². The van der Waals surface area contributed by atoms with E-state index in [1.165, 1.54) is 0 Å². The number of pyridine rings is 2. The second-order valence-electron chi connectivity index (χ2n) is 8.71. The zero-order valence-corrected chi connectivity index (χ0v) is 19.1. The number of halogens is 1. The van der Waals surface area contributed by atoms with Gasteiger partial charge in [0.15, 0.2) is 11.6 Å². The largest absolute Gasteiger partial charge is 0.369 e. The number of nitrogens with two attached hydrogens (primary N) is 3. The third-order valence-corrected chi connectivity index (χ3v) is 6.02. The Kier molecular flexibility index (Phi) is 7.21. The van der Waals surface area contributed by atoms with Gasteiger partial charge < -0.3 is 27.8 Å². The average molecular weight is 478 g/mol. The van der Waals surface area contributed by atoms with Crippen LogP contribution in [0.2, 0.25) is 0 Å². The summed E-state index contributed by atoms with van der Waals surface area (Å²) in [6.07, 6.45) is 7.04. The van der Waals surface area contributed by atoms with Crippen LogP contribution in [0.1, 0.15) is 41.6 Å². The van der Waals surface area contributed by atoms with E-state index in [4.69, 9.17) is 17.2 Å². The Bertz CT molecular complexity index is 1250. The lowest BCUT2D eigenvalue weighted by molar-refractivity contribution is -0.117. The van der Waals surface area contributed by atoms with Gasteiger partial charge in [-0.3, -0.25) is 14.6 Å². The highest BCUT2D eigenvalue weighted by Gasteiger charge is 2.24. The summed E-state index contributed by atoms with van der Waals surface area (Å²) in [7, 11) is 0. The van der Waals surface area contributed by atoms with Crippen molar-refractivity contribution in [1.82, 2.24) is 9.97 Å². The van der Waals surface area contributed by atoms with Gasteiger partial charge in [-0.25, -0.2) is 9.37 Å². The summed E-state index contributed by atoms with van der Waals surface area (Å²) in [5.41, 5.74) is 19.8. The average Bonchev–Trinajstić information content (AvgIpc) is 2.82. The van der Waals surface area contributed by atoms with E-state index in [2.05, 4.69) is 20.6 Å². The van der Waals surface area contributed by atoms with Crippen LogP contribution >= 0.6 is 0 Å². The van der Waals surface area contributed by atoms with Crippen molar-refractivity contribution in [2.24, 2.45) is 17.2 Å². The van der Waals surface area contributed by atoms with Crippen molar-refractivity contribution in [3.8, 4) is 11.1 Å². The first kappa shape index (κ1) is 24.1. The number of amides is 2. The predicted octanol–water partition coefficient (Wildman–Crippen LogP) is 2.83. The fourth-order valence-electron chi connectivity index (χ4n) is 4.25. The maximum Gasteiger partial charge on any atom is 0.252 e. The highest BCUT2D eigenvalue weighted by atomic mass is 19.1. The highest BCUT2D eigenvalue weighted by molar-refractivity contribution is 5.98. The summed E-state index contributed by atoms with van der Waals surface area (Å²) >= 11 is 0. The lowest BCUT2D eigenvalue weighted by Crippen LogP contribution is -2.43. The SMILES string of the molecule is NC(=O)Cc1cccc(-c2cncc(Nc3nc(NC4CCCCC4N)c(F)cc3C(N)=O)c2)c1. The van der Waals surface area contributed by atoms with E-state index in [0.717, 1.165) is 48.4 Å². The maximum atomic E-state index is 14.8. The summed E-state index contributed by atoms with van der Waals surface area (Å²) < 4.78 is 14.8. The minimum absolute atomic E-state index is 0.00289. The second-order valence-corrected chi connectivity index (χ2v) is 8.71. The number of aromatic nitrogens is 2. The molecular weight excluding hydrogens is 449 g/mol. The molecule has 0 radical (unpaired) electrons. The molecule has 1 saturated carbocycles. The third kappa shape index (κ3) is 5.90. The number of rotatable bonds is 8. The van der Waals surface area contributed by atoms with E-state index in [0.29, 0.717) is 5.69 Å². The van der Waals surface area contributed by atoms with E-state index >= 15 is 0 Å². The first-order valence-electron chi connectivity index (χ1n) is 11.4. The van der Waals surface area contributed by atoms with Gasteiger partial charge in [-0.1, -0.05) is 37.1 Å². The molecule has 4 rings (SSSR count). The molecule has 9 nitrogen and oxygen atoms in total. The van der Waals surface area contributed by atoms with Crippen molar-refractivity contribution < 1.29 is 14.0 Å². The zero-order valence-electron chi connectivity index (χ0n) is 19.1. The Balaban J connectivity index is 1.63. The van der Waals surface area contributed by atoms with Crippen molar-refractivity contribution in [2.45, 2.75) is 44.2 Å². The predicted molar refractivity (Wildman–Crippen MR) is 132 cm³/mol. The van der Waals surface area contributed by atoms with Crippen molar-refractivity contribution in [2.75, 3.05) is 10.6 Å². The van der Waals surface area contributed by atoms with Crippen LogP contribution < -0.4 is 27.8 Å². The number of carbonyl (C=O) groups is 2. The molecular formula is C25H28FN7O2. The molecule has 2 atom stereocenters. The smallest absolute Gasteiger partial charge is 0.252 e. The molecule has 0 aliphatic heterocycles. The topological polar surface area (TPSA) is 162 Å². The molecule has 1 aliphatic rings. The number of primary amides is 2. The van der Waals surface area contributed by atoms with Gasteiger partial charge in [0.2, 0.25) is 5.91 Å². The van der Waals surface area contributed by atoms with Crippen LogP contribution in [0.3, 0.4) is 0 Å². The molecule has 1 aromatic carbocycles. The first-order chi connectivity index (χ1) is 16.8. The first-order valence-corrected chi connectivity index (χ1v) is 11.4. The Morgan fingerprint density at radius 2 is 1.83 bits per heavy atom. The Labute approximate surface area is 202 Å². The lowest BCUT2D eigenvalue weighted by atomic mass is 9.91. The van der Waals surface area contributed by atoms with E-state index in [9.17, 15) is 14.0 Å². The zero-order chi connectivity index (χ0) is 24.9. The van der Waals surface area contributed by atoms with Crippen molar-refractivity contribution in [3.05, 3.63) is 65.7 Å². The highest BCUT2D eigenvalue weighted by Crippen LogP contribution is 2.28. The van der Waals surface area contributed by atoms with Crippen molar-refractivity contribution >= 4 is 29.1 Å². The molecule has 2 aromatic heterocycles. The Hall–Kier alpha value is -4.05. The molecule has 8 N–H and O–H groups in total. The van der Waals surface area contributed by atoms with Crippen molar-refractivity contribution in [1.29, 1.82) is 0 Å². The quantitative estimate of drug-likeness (QED) is 0.333. The molecule has 2 heterocycles. The fraction of sp³-hybridized carbons (Fsp3) is 0.280. The third-order valence-electron chi connectivity index (χ3n) is 6.02. The van der Waals surface area contributed by atoms with Gasteiger partial charge >= 0.3 is 0 Å². The van der Waals surface area contributed by atoms with E-state index in [-0.39, 0.29) is 35.7 Å². The van der Waals surface area contributed by atoms with Crippen LogP contribution in [0.5, 0.6) is 0 Å². The molecule has 10 heteroatoms. The molecule has 1 fully saturated rings.